The lowest BCUT2D eigenvalue weighted by Crippen LogP contribution is -2.55. The minimum Gasteiger partial charge on any atom is -0.387 e. The van der Waals surface area contributed by atoms with E-state index >= 15 is 0 Å². The second-order valence-corrected chi connectivity index (χ2v) is 6.78. The van der Waals surface area contributed by atoms with Crippen LogP contribution >= 0.6 is 0 Å². The van der Waals surface area contributed by atoms with Gasteiger partial charge in [0.25, 0.3) is 0 Å². The molecule has 2 N–H and O–H groups in total. The standard InChI is InChI=1S/C18H26N4O3/c1-14-11-20(13-17(24)22-8-7-19-18(22)25)9-10-21(14)12-16(23)15-5-3-2-4-6-15/h2-6,14,16,23H,7-13H2,1H3,(H,19,25)/t14-,16-/m0/s1. The number of aliphatic hydroxyl groups is 1. The van der Waals surface area contributed by atoms with Crippen LogP contribution in [-0.2, 0) is 4.79 Å². The molecule has 1 aromatic carbocycles. The Morgan fingerprint density at radius 1 is 1.28 bits per heavy atom. The van der Waals surface area contributed by atoms with Crippen LogP contribution in [0.4, 0.5) is 4.79 Å². The summed E-state index contributed by atoms with van der Waals surface area (Å²) in [4.78, 5) is 29.4. The van der Waals surface area contributed by atoms with Crippen molar-refractivity contribution in [1.29, 1.82) is 0 Å². The van der Waals surface area contributed by atoms with Gasteiger partial charge in [0, 0.05) is 45.3 Å². The van der Waals surface area contributed by atoms with Crippen LogP contribution in [-0.4, -0.2) is 83.6 Å². The SMILES string of the molecule is C[C@H]1CN(CC(=O)N2CCNC2=O)CCN1C[C@H](O)c1ccccc1. The van der Waals surface area contributed by atoms with Gasteiger partial charge in [0.15, 0.2) is 0 Å². The molecule has 2 atom stereocenters. The summed E-state index contributed by atoms with van der Waals surface area (Å²) in [5.41, 5.74) is 0.923. The van der Waals surface area contributed by atoms with Crippen LogP contribution in [0.3, 0.4) is 0 Å². The Hall–Kier alpha value is -1.96. The van der Waals surface area contributed by atoms with Gasteiger partial charge in [0.1, 0.15) is 0 Å². The smallest absolute Gasteiger partial charge is 0.324 e. The van der Waals surface area contributed by atoms with Gasteiger partial charge < -0.3 is 10.4 Å². The molecular weight excluding hydrogens is 320 g/mol. The van der Waals surface area contributed by atoms with Gasteiger partial charge in [-0.15, -0.1) is 0 Å². The van der Waals surface area contributed by atoms with Gasteiger partial charge in [-0.2, -0.15) is 0 Å². The molecule has 0 spiro atoms. The Bertz CT molecular complexity index is 610. The topological polar surface area (TPSA) is 76.1 Å². The zero-order chi connectivity index (χ0) is 17.8. The lowest BCUT2D eigenvalue weighted by Gasteiger charge is -2.40. The molecule has 2 aliphatic rings. The fourth-order valence-electron chi connectivity index (χ4n) is 3.47. The maximum absolute atomic E-state index is 12.2. The zero-order valence-electron chi connectivity index (χ0n) is 14.6. The number of hydrogen-bond donors (Lipinski definition) is 2. The third kappa shape index (κ3) is 4.36. The van der Waals surface area contributed by atoms with Gasteiger partial charge in [-0.1, -0.05) is 30.3 Å². The molecule has 136 valence electrons. The van der Waals surface area contributed by atoms with Crippen LogP contribution in [0.5, 0.6) is 0 Å². The van der Waals surface area contributed by atoms with Crippen LogP contribution in [0, 0.1) is 0 Å². The highest BCUT2D eigenvalue weighted by molar-refractivity contribution is 5.96. The van der Waals surface area contributed by atoms with Gasteiger partial charge in [-0.05, 0) is 12.5 Å². The number of rotatable bonds is 5. The first-order valence-corrected chi connectivity index (χ1v) is 8.82. The molecule has 2 fully saturated rings. The lowest BCUT2D eigenvalue weighted by atomic mass is 10.1. The van der Waals surface area contributed by atoms with Crippen molar-refractivity contribution in [3.05, 3.63) is 35.9 Å². The van der Waals surface area contributed by atoms with E-state index in [-0.39, 0.29) is 24.5 Å². The third-order valence-corrected chi connectivity index (χ3v) is 4.96. The minimum atomic E-state index is -0.509. The first-order valence-electron chi connectivity index (χ1n) is 8.82. The maximum atomic E-state index is 12.2. The molecule has 2 aliphatic heterocycles. The summed E-state index contributed by atoms with van der Waals surface area (Å²) in [5.74, 6) is -0.139. The Morgan fingerprint density at radius 3 is 2.68 bits per heavy atom. The molecule has 3 amide bonds. The normalized spacial score (nSPS) is 23.5. The Kier molecular flexibility index (Phi) is 5.67. The number of benzene rings is 1. The van der Waals surface area contributed by atoms with Crippen molar-refractivity contribution in [3.63, 3.8) is 0 Å². The van der Waals surface area contributed by atoms with Crippen molar-refractivity contribution >= 4 is 11.9 Å². The lowest BCUT2D eigenvalue weighted by molar-refractivity contribution is -0.129. The van der Waals surface area contributed by atoms with Gasteiger partial charge in [0.05, 0.1) is 12.6 Å². The summed E-state index contributed by atoms with van der Waals surface area (Å²) in [7, 11) is 0. The summed E-state index contributed by atoms with van der Waals surface area (Å²) in [5, 5.41) is 13.1. The second-order valence-electron chi connectivity index (χ2n) is 6.78. The van der Waals surface area contributed by atoms with E-state index in [2.05, 4.69) is 22.0 Å². The number of carbonyl (C=O) groups is 2. The minimum absolute atomic E-state index is 0.139. The van der Waals surface area contributed by atoms with E-state index in [1.165, 1.54) is 4.90 Å². The van der Waals surface area contributed by atoms with Crippen molar-refractivity contribution in [1.82, 2.24) is 20.0 Å². The molecule has 1 aromatic rings. The average molecular weight is 346 g/mol. The summed E-state index contributed by atoms with van der Waals surface area (Å²) in [6, 6.07) is 9.63. The molecule has 0 bridgehead atoms. The molecule has 7 heteroatoms. The highest BCUT2D eigenvalue weighted by Crippen LogP contribution is 2.18. The van der Waals surface area contributed by atoms with E-state index in [4.69, 9.17) is 0 Å². The van der Waals surface area contributed by atoms with Crippen molar-refractivity contribution in [2.75, 3.05) is 45.8 Å². The Morgan fingerprint density at radius 2 is 2.04 bits per heavy atom. The number of hydrogen-bond acceptors (Lipinski definition) is 5. The monoisotopic (exact) mass is 346 g/mol. The first kappa shape index (κ1) is 17.8. The van der Waals surface area contributed by atoms with Gasteiger partial charge in [0.2, 0.25) is 5.91 Å². The predicted molar refractivity (Wildman–Crippen MR) is 94.0 cm³/mol. The van der Waals surface area contributed by atoms with E-state index in [1.54, 1.807) is 0 Å². The Balaban J connectivity index is 1.49. The molecule has 0 radical (unpaired) electrons. The van der Waals surface area contributed by atoms with Crippen LogP contribution in [0.25, 0.3) is 0 Å². The maximum Gasteiger partial charge on any atom is 0.324 e. The fourth-order valence-corrected chi connectivity index (χ4v) is 3.47. The number of nitrogens with zero attached hydrogens (tertiary/aromatic N) is 3. The van der Waals surface area contributed by atoms with Crippen molar-refractivity contribution in [2.24, 2.45) is 0 Å². The van der Waals surface area contributed by atoms with Gasteiger partial charge in [-0.25, -0.2) is 4.79 Å². The van der Waals surface area contributed by atoms with Crippen molar-refractivity contribution in [2.45, 2.75) is 19.1 Å². The average Bonchev–Trinajstić information content (AvgIpc) is 3.04. The van der Waals surface area contributed by atoms with Crippen LogP contribution in [0.2, 0.25) is 0 Å². The number of aliphatic hydroxyl groups excluding tert-OH is 1. The molecule has 2 saturated heterocycles. The second kappa shape index (κ2) is 7.95. The van der Waals surface area contributed by atoms with Crippen molar-refractivity contribution in [3.8, 4) is 0 Å². The summed E-state index contributed by atoms with van der Waals surface area (Å²) < 4.78 is 0. The summed E-state index contributed by atoms with van der Waals surface area (Å²) in [6.45, 7) is 6.26. The quantitative estimate of drug-likeness (QED) is 0.801. The van der Waals surface area contributed by atoms with Crippen LogP contribution in [0.15, 0.2) is 30.3 Å². The number of carbonyl (C=O) groups excluding carboxylic acids is 2. The number of β-amino-alcohol motifs (C(OH)–C–C–N with tert-alkyl or cyclic N) is 1. The first-order chi connectivity index (χ1) is 12.0. The van der Waals surface area contributed by atoms with Crippen LogP contribution < -0.4 is 5.32 Å². The molecule has 3 rings (SSSR count). The molecule has 2 heterocycles. The summed E-state index contributed by atoms with van der Waals surface area (Å²) in [6.07, 6.45) is -0.509. The largest absolute Gasteiger partial charge is 0.387 e. The Labute approximate surface area is 148 Å². The van der Waals surface area contributed by atoms with E-state index < -0.39 is 6.10 Å². The highest BCUT2D eigenvalue weighted by atomic mass is 16.3. The molecule has 0 saturated carbocycles. The zero-order valence-corrected chi connectivity index (χ0v) is 14.6. The summed E-state index contributed by atoms with van der Waals surface area (Å²) >= 11 is 0. The number of amides is 3. The van der Waals surface area contributed by atoms with Gasteiger partial charge in [-0.3, -0.25) is 19.5 Å². The third-order valence-electron chi connectivity index (χ3n) is 4.96. The molecule has 0 aromatic heterocycles. The number of imide groups is 1. The van der Waals surface area contributed by atoms with E-state index in [0.29, 0.717) is 19.6 Å². The van der Waals surface area contributed by atoms with E-state index in [0.717, 1.165) is 25.2 Å². The number of nitrogens with one attached hydrogen (secondary N) is 1. The fraction of sp³-hybridized carbons (Fsp3) is 0.556. The number of urea groups is 1. The van der Waals surface area contributed by atoms with E-state index in [1.807, 2.05) is 30.3 Å². The van der Waals surface area contributed by atoms with Gasteiger partial charge >= 0.3 is 6.03 Å². The molecule has 0 aliphatic carbocycles. The van der Waals surface area contributed by atoms with Crippen LogP contribution in [0.1, 0.15) is 18.6 Å². The molecule has 7 nitrogen and oxygen atoms in total. The molecular formula is C18H26N4O3. The number of piperazine rings is 1. The molecule has 0 unspecified atom stereocenters. The van der Waals surface area contributed by atoms with Crippen molar-refractivity contribution < 1.29 is 14.7 Å². The molecule has 25 heavy (non-hydrogen) atoms. The highest BCUT2D eigenvalue weighted by Gasteiger charge is 2.30. The predicted octanol–water partition coefficient (Wildman–Crippen LogP) is 0.278. The van der Waals surface area contributed by atoms with E-state index in [9.17, 15) is 14.7 Å².